The quantitative estimate of drug-likeness (QED) is 0.929. The van der Waals surface area contributed by atoms with E-state index in [4.69, 9.17) is 5.73 Å². The summed E-state index contributed by atoms with van der Waals surface area (Å²) in [6, 6.07) is 7.24. The van der Waals surface area contributed by atoms with Gasteiger partial charge in [0.15, 0.2) is 15.0 Å². The molecule has 0 saturated heterocycles. The molecule has 2 N–H and O–H groups in total. The highest BCUT2D eigenvalue weighted by Gasteiger charge is 2.36. The fraction of sp³-hybridized carbons (Fsp3) is 0.385. The number of aromatic nitrogens is 3. The Morgan fingerprint density at radius 2 is 2.05 bits per heavy atom. The average molecular weight is 324 g/mol. The lowest BCUT2D eigenvalue weighted by molar-refractivity contribution is 0.556. The second-order valence-corrected chi connectivity index (χ2v) is 8.40. The second kappa shape index (κ2) is 5.03. The van der Waals surface area contributed by atoms with Crippen molar-refractivity contribution in [2.24, 2.45) is 0 Å². The largest absolute Gasteiger partial charge is 0.368 e. The first-order chi connectivity index (χ1) is 9.90. The van der Waals surface area contributed by atoms with E-state index in [1.165, 1.54) is 11.8 Å². The van der Waals surface area contributed by atoms with Crippen molar-refractivity contribution >= 4 is 27.5 Å². The Kier molecular flexibility index (Phi) is 3.45. The van der Waals surface area contributed by atoms with E-state index < -0.39 is 9.84 Å². The molecule has 21 heavy (non-hydrogen) atoms. The van der Waals surface area contributed by atoms with Crippen LogP contribution in [0.15, 0.2) is 34.3 Å². The highest BCUT2D eigenvalue weighted by atomic mass is 32.2. The normalized spacial score (nSPS) is 19.9. The van der Waals surface area contributed by atoms with Crippen molar-refractivity contribution in [3.8, 4) is 0 Å². The van der Waals surface area contributed by atoms with Crippen LogP contribution in [0.5, 0.6) is 0 Å². The van der Waals surface area contributed by atoms with Crippen molar-refractivity contribution in [1.82, 2.24) is 14.8 Å². The predicted octanol–water partition coefficient (Wildman–Crippen LogP) is 2.06. The molecule has 3 rings (SSSR count). The smallest absolute Gasteiger partial charge is 0.222 e. The maximum atomic E-state index is 12.2. The zero-order valence-electron chi connectivity index (χ0n) is 11.7. The number of benzene rings is 1. The number of hydrogen-bond acceptors (Lipinski definition) is 6. The molecule has 0 radical (unpaired) electrons. The summed E-state index contributed by atoms with van der Waals surface area (Å²) in [4.78, 5) is 0.422. The molecule has 1 aromatic carbocycles. The van der Waals surface area contributed by atoms with Gasteiger partial charge in [-0.3, -0.25) is 4.57 Å². The maximum absolute atomic E-state index is 12.2. The van der Waals surface area contributed by atoms with E-state index in [1.807, 2.05) is 30.5 Å². The first-order valence-electron chi connectivity index (χ1n) is 6.59. The fourth-order valence-electron chi connectivity index (χ4n) is 2.49. The molecule has 112 valence electrons. The van der Waals surface area contributed by atoms with Crippen LogP contribution in [0, 0.1) is 0 Å². The van der Waals surface area contributed by atoms with E-state index in [1.54, 1.807) is 12.1 Å². The van der Waals surface area contributed by atoms with Gasteiger partial charge in [0.25, 0.3) is 0 Å². The lowest BCUT2D eigenvalue weighted by atomic mass is 10.2. The Hall–Kier alpha value is -1.54. The first-order valence-corrected chi connectivity index (χ1v) is 9.12. The predicted molar refractivity (Wildman–Crippen MR) is 81.9 cm³/mol. The summed E-state index contributed by atoms with van der Waals surface area (Å²) in [7, 11) is -3.21. The number of fused-ring (bicyclic) bond motifs is 1. The first kappa shape index (κ1) is 14.4. The number of anilines is 1. The van der Waals surface area contributed by atoms with Gasteiger partial charge in [0, 0.05) is 6.04 Å². The number of sulfone groups is 1. The SMILES string of the molecule is CC(C)n1c(N)nnc1SC1CS(=O)(=O)c2ccccc21. The molecule has 1 aliphatic heterocycles. The molecule has 0 saturated carbocycles. The van der Waals surface area contributed by atoms with Crippen molar-refractivity contribution in [2.45, 2.75) is 35.2 Å². The van der Waals surface area contributed by atoms with Gasteiger partial charge >= 0.3 is 0 Å². The molecule has 1 atom stereocenters. The summed E-state index contributed by atoms with van der Waals surface area (Å²) in [5, 5.41) is 8.45. The van der Waals surface area contributed by atoms with Gasteiger partial charge in [0.05, 0.1) is 15.9 Å². The minimum atomic E-state index is -3.21. The summed E-state index contributed by atoms with van der Waals surface area (Å²) >= 11 is 1.40. The van der Waals surface area contributed by atoms with Crippen molar-refractivity contribution in [3.63, 3.8) is 0 Å². The minimum absolute atomic E-state index is 0.0852. The van der Waals surface area contributed by atoms with Gasteiger partial charge in [-0.1, -0.05) is 30.0 Å². The highest BCUT2D eigenvalue weighted by Crippen LogP contribution is 2.44. The van der Waals surface area contributed by atoms with E-state index in [2.05, 4.69) is 10.2 Å². The Balaban J connectivity index is 1.98. The van der Waals surface area contributed by atoms with Crippen molar-refractivity contribution < 1.29 is 8.42 Å². The number of nitrogens with zero attached hydrogens (tertiary/aromatic N) is 3. The Labute approximate surface area is 127 Å². The standard InChI is InChI=1S/C13H16N4O2S2/c1-8(2)17-12(14)15-16-13(17)20-10-7-21(18,19)11-6-4-3-5-9(10)11/h3-6,8,10H,7H2,1-2H3,(H2,14,15). The summed E-state index contributed by atoms with van der Waals surface area (Å²) in [6.07, 6.45) is 0. The molecule has 0 bridgehead atoms. The summed E-state index contributed by atoms with van der Waals surface area (Å²) in [5.41, 5.74) is 6.65. The van der Waals surface area contributed by atoms with Gasteiger partial charge in [-0.15, -0.1) is 10.2 Å². The minimum Gasteiger partial charge on any atom is -0.368 e. The zero-order chi connectivity index (χ0) is 15.2. The van der Waals surface area contributed by atoms with Gasteiger partial charge in [0.1, 0.15) is 0 Å². The molecule has 6 nitrogen and oxygen atoms in total. The molecule has 1 aliphatic rings. The highest BCUT2D eigenvalue weighted by molar-refractivity contribution is 8.01. The molecule has 1 aromatic heterocycles. The molecular weight excluding hydrogens is 308 g/mol. The van der Waals surface area contributed by atoms with Crippen LogP contribution in [0.4, 0.5) is 5.95 Å². The Bertz CT molecular complexity index is 783. The van der Waals surface area contributed by atoms with E-state index in [-0.39, 0.29) is 17.0 Å². The van der Waals surface area contributed by atoms with Crippen molar-refractivity contribution in [1.29, 1.82) is 0 Å². The maximum Gasteiger partial charge on any atom is 0.222 e. The number of nitrogen functional groups attached to an aromatic ring is 1. The molecule has 0 amide bonds. The third kappa shape index (κ3) is 2.42. The summed E-state index contributed by atoms with van der Waals surface area (Å²) in [6.45, 7) is 3.98. The third-order valence-electron chi connectivity index (χ3n) is 3.43. The Morgan fingerprint density at radius 3 is 2.76 bits per heavy atom. The summed E-state index contributed by atoms with van der Waals surface area (Å²) < 4.78 is 26.2. The van der Waals surface area contributed by atoms with Crippen LogP contribution in [0.25, 0.3) is 0 Å². The molecule has 8 heteroatoms. The lowest BCUT2D eigenvalue weighted by Gasteiger charge is -2.14. The van der Waals surface area contributed by atoms with Gasteiger partial charge < -0.3 is 5.73 Å². The monoisotopic (exact) mass is 324 g/mol. The van der Waals surface area contributed by atoms with Gasteiger partial charge in [0.2, 0.25) is 5.95 Å². The Morgan fingerprint density at radius 1 is 1.33 bits per heavy atom. The van der Waals surface area contributed by atoms with Crippen molar-refractivity contribution in [2.75, 3.05) is 11.5 Å². The van der Waals surface area contributed by atoms with Crippen LogP contribution in [-0.4, -0.2) is 28.9 Å². The number of rotatable bonds is 3. The third-order valence-corrected chi connectivity index (χ3v) is 6.65. The van der Waals surface area contributed by atoms with Crippen LogP contribution in [0.1, 0.15) is 30.7 Å². The lowest BCUT2D eigenvalue weighted by Crippen LogP contribution is -2.08. The van der Waals surface area contributed by atoms with Crippen LogP contribution >= 0.6 is 11.8 Å². The van der Waals surface area contributed by atoms with Gasteiger partial charge in [-0.05, 0) is 25.5 Å². The van der Waals surface area contributed by atoms with Gasteiger partial charge in [-0.25, -0.2) is 8.42 Å². The molecule has 2 heterocycles. The fourth-order valence-corrected chi connectivity index (χ4v) is 6.08. The topological polar surface area (TPSA) is 90.9 Å². The van der Waals surface area contributed by atoms with Crippen LogP contribution in [0.3, 0.4) is 0 Å². The molecule has 1 unspecified atom stereocenters. The number of nitrogens with two attached hydrogens (primary N) is 1. The molecule has 0 spiro atoms. The van der Waals surface area contributed by atoms with Crippen LogP contribution < -0.4 is 5.73 Å². The molecular formula is C13H16N4O2S2. The van der Waals surface area contributed by atoms with E-state index in [9.17, 15) is 8.42 Å². The average Bonchev–Trinajstić information content (AvgIpc) is 2.90. The molecule has 0 aliphatic carbocycles. The van der Waals surface area contributed by atoms with E-state index in [0.717, 1.165) is 5.56 Å². The zero-order valence-corrected chi connectivity index (χ0v) is 13.4. The van der Waals surface area contributed by atoms with Crippen molar-refractivity contribution in [3.05, 3.63) is 29.8 Å². The van der Waals surface area contributed by atoms with E-state index >= 15 is 0 Å². The second-order valence-electron chi connectivity index (χ2n) is 5.23. The van der Waals surface area contributed by atoms with Crippen LogP contribution in [-0.2, 0) is 9.84 Å². The number of thioether (sulfide) groups is 1. The van der Waals surface area contributed by atoms with Crippen LogP contribution in [0.2, 0.25) is 0 Å². The molecule has 2 aromatic rings. The molecule has 0 fully saturated rings. The van der Waals surface area contributed by atoms with E-state index in [0.29, 0.717) is 16.0 Å². The summed E-state index contributed by atoms with van der Waals surface area (Å²) in [5.74, 6) is 0.434. The van der Waals surface area contributed by atoms with Gasteiger partial charge in [-0.2, -0.15) is 0 Å². The number of hydrogen-bond donors (Lipinski definition) is 1.